The molecule has 0 aromatic rings. The highest BCUT2D eigenvalue weighted by Gasteiger charge is 2.37. The quantitative estimate of drug-likeness (QED) is 0.688. The minimum atomic E-state index is -3.11. The van der Waals surface area contributed by atoms with E-state index in [0.717, 1.165) is 25.7 Å². The van der Waals surface area contributed by atoms with Gasteiger partial charge in [-0.05, 0) is 25.7 Å². The predicted octanol–water partition coefficient (Wildman–Crippen LogP) is 0.867. The van der Waals surface area contributed by atoms with Gasteiger partial charge in [0.25, 0.3) is 0 Å². The molecule has 0 spiro atoms. The number of rotatable bonds is 7. The molecule has 0 radical (unpaired) electrons. The molecule has 0 heterocycles. The fourth-order valence-electron chi connectivity index (χ4n) is 1.53. The van der Waals surface area contributed by atoms with E-state index in [9.17, 15) is 13.5 Å². The molecule has 0 aromatic heterocycles. The topological polar surface area (TPSA) is 66.4 Å². The molecule has 0 amide bonds. The lowest BCUT2D eigenvalue weighted by atomic mass is 9.84. The van der Waals surface area contributed by atoms with Gasteiger partial charge in [0, 0.05) is 18.6 Å². The van der Waals surface area contributed by atoms with Crippen LogP contribution in [-0.2, 0) is 10.0 Å². The minimum absolute atomic E-state index is 0.0349. The summed E-state index contributed by atoms with van der Waals surface area (Å²) < 4.78 is 25.8. The monoisotopic (exact) mass is 235 g/mol. The van der Waals surface area contributed by atoms with E-state index in [1.165, 1.54) is 0 Å². The fraction of sp³-hybridized carbons (Fsp3) is 1.00. The van der Waals surface area contributed by atoms with Crippen LogP contribution in [0.15, 0.2) is 0 Å². The van der Waals surface area contributed by atoms with Crippen LogP contribution in [0.1, 0.15) is 39.5 Å². The van der Waals surface area contributed by atoms with Crippen LogP contribution >= 0.6 is 0 Å². The number of nitrogens with one attached hydrogen (secondary N) is 1. The molecule has 0 bridgehead atoms. The first-order valence-corrected chi connectivity index (χ1v) is 7.13. The third kappa shape index (κ3) is 3.16. The van der Waals surface area contributed by atoms with Crippen molar-refractivity contribution in [3.05, 3.63) is 0 Å². The maximum Gasteiger partial charge on any atom is 0.214 e. The molecule has 4 nitrogen and oxygen atoms in total. The van der Waals surface area contributed by atoms with Crippen molar-refractivity contribution in [1.82, 2.24) is 4.72 Å². The van der Waals surface area contributed by atoms with Crippen molar-refractivity contribution < 1.29 is 13.5 Å². The largest absolute Gasteiger partial charge is 0.396 e. The summed E-state index contributed by atoms with van der Waals surface area (Å²) in [5.74, 6) is 0. The number of aliphatic hydroxyl groups excluding tert-OH is 1. The lowest BCUT2D eigenvalue weighted by Gasteiger charge is -2.29. The average Bonchev–Trinajstić information content (AvgIpc) is 3.04. The van der Waals surface area contributed by atoms with E-state index < -0.39 is 10.0 Å². The van der Waals surface area contributed by atoms with Gasteiger partial charge in [0.1, 0.15) is 0 Å². The van der Waals surface area contributed by atoms with Gasteiger partial charge in [-0.15, -0.1) is 0 Å². The second-order valence-corrected chi connectivity index (χ2v) is 6.48. The van der Waals surface area contributed by atoms with Crippen molar-refractivity contribution in [3.8, 4) is 0 Å². The van der Waals surface area contributed by atoms with Gasteiger partial charge in [-0.1, -0.05) is 13.8 Å². The van der Waals surface area contributed by atoms with E-state index >= 15 is 0 Å². The molecule has 1 aliphatic rings. The van der Waals surface area contributed by atoms with Crippen LogP contribution in [0.25, 0.3) is 0 Å². The molecular formula is C10H21NO3S. The number of hydrogen-bond donors (Lipinski definition) is 2. The molecule has 0 aliphatic heterocycles. The van der Waals surface area contributed by atoms with Crippen LogP contribution in [0.3, 0.4) is 0 Å². The van der Waals surface area contributed by atoms with Crippen LogP contribution in [-0.4, -0.2) is 31.9 Å². The highest BCUT2D eigenvalue weighted by Crippen LogP contribution is 2.29. The third-order valence-corrected chi connectivity index (χ3v) is 5.34. The van der Waals surface area contributed by atoms with Gasteiger partial charge in [0.15, 0.2) is 0 Å². The Hall–Kier alpha value is -0.130. The van der Waals surface area contributed by atoms with Gasteiger partial charge < -0.3 is 5.11 Å². The Morgan fingerprint density at radius 1 is 1.33 bits per heavy atom. The molecule has 1 rings (SSSR count). The molecule has 0 aromatic carbocycles. The van der Waals surface area contributed by atoms with Crippen LogP contribution in [0.5, 0.6) is 0 Å². The van der Waals surface area contributed by atoms with E-state index in [2.05, 4.69) is 4.72 Å². The van der Waals surface area contributed by atoms with Crippen molar-refractivity contribution in [3.63, 3.8) is 0 Å². The van der Waals surface area contributed by atoms with Crippen LogP contribution in [0.4, 0.5) is 0 Å². The van der Waals surface area contributed by atoms with Gasteiger partial charge in [-0.3, -0.25) is 0 Å². The third-order valence-electron chi connectivity index (χ3n) is 3.45. The molecule has 15 heavy (non-hydrogen) atoms. The summed E-state index contributed by atoms with van der Waals surface area (Å²) in [6, 6.07) is 0. The lowest BCUT2D eigenvalue weighted by Crippen LogP contribution is -2.40. The summed E-state index contributed by atoms with van der Waals surface area (Å²) in [5.41, 5.74) is -0.290. The standard InChI is InChI=1S/C10H21NO3S/c1-3-10(4-2,8-12)7-11-15(13,14)9-5-6-9/h9,11-12H,3-8H2,1-2H3. The molecule has 1 aliphatic carbocycles. The zero-order valence-corrected chi connectivity index (χ0v) is 10.3. The van der Waals surface area contributed by atoms with Crippen molar-refractivity contribution in [2.24, 2.45) is 5.41 Å². The normalized spacial score (nSPS) is 18.1. The summed E-state index contributed by atoms with van der Waals surface area (Å²) in [5, 5.41) is 9.11. The SMILES string of the molecule is CCC(CC)(CO)CNS(=O)(=O)C1CC1. The van der Waals surface area contributed by atoms with Crippen molar-refractivity contribution >= 4 is 10.0 Å². The van der Waals surface area contributed by atoms with Gasteiger partial charge >= 0.3 is 0 Å². The van der Waals surface area contributed by atoms with E-state index in [0.29, 0.717) is 6.54 Å². The number of sulfonamides is 1. The van der Waals surface area contributed by atoms with Gasteiger partial charge in [0.2, 0.25) is 10.0 Å². The molecule has 1 fully saturated rings. The Labute approximate surface area is 92.1 Å². The number of aliphatic hydroxyl groups is 1. The molecule has 5 heteroatoms. The minimum Gasteiger partial charge on any atom is -0.396 e. The van der Waals surface area contributed by atoms with Crippen molar-refractivity contribution in [1.29, 1.82) is 0 Å². The Morgan fingerprint density at radius 2 is 1.87 bits per heavy atom. The second kappa shape index (κ2) is 4.80. The van der Waals surface area contributed by atoms with E-state index in [1.54, 1.807) is 0 Å². The maximum absolute atomic E-state index is 11.6. The lowest BCUT2D eigenvalue weighted by molar-refractivity contribution is 0.119. The molecule has 90 valence electrons. The Morgan fingerprint density at radius 3 is 2.20 bits per heavy atom. The van der Waals surface area contributed by atoms with E-state index in [4.69, 9.17) is 0 Å². The Balaban J connectivity index is 2.53. The maximum atomic E-state index is 11.6. The first-order chi connectivity index (χ1) is 6.99. The summed E-state index contributed by atoms with van der Waals surface area (Å²) in [7, 11) is -3.11. The van der Waals surface area contributed by atoms with Gasteiger partial charge in [-0.2, -0.15) is 0 Å². The van der Waals surface area contributed by atoms with Gasteiger partial charge in [0.05, 0.1) is 5.25 Å². The Kier molecular flexibility index (Phi) is 4.14. The average molecular weight is 235 g/mol. The van der Waals surface area contributed by atoms with Crippen LogP contribution in [0.2, 0.25) is 0 Å². The first kappa shape index (κ1) is 12.9. The van der Waals surface area contributed by atoms with E-state index in [1.807, 2.05) is 13.8 Å². The highest BCUT2D eigenvalue weighted by molar-refractivity contribution is 7.90. The first-order valence-electron chi connectivity index (χ1n) is 5.59. The Bertz CT molecular complexity index is 284. The molecule has 0 unspecified atom stereocenters. The summed E-state index contributed by atoms with van der Waals surface area (Å²) >= 11 is 0. The molecule has 1 saturated carbocycles. The highest BCUT2D eigenvalue weighted by atomic mass is 32.2. The predicted molar refractivity (Wildman–Crippen MR) is 60.0 cm³/mol. The van der Waals surface area contributed by atoms with Crippen LogP contribution in [0, 0.1) is 5.41 Å². The zero-order valence-electron chi connectivity index (χ0n) is 9.49. The van der Waals surface area contributed by atoms with Crippen LogP contribution < -0.4 is 4.72 Å². The van der Waals surface area contributed by atoms with Crippen molar-refractivity contribution in [2.75, 3.05) is 13.2 Å². The molecule has 0 saturated heterocycles. The van der Waals surface area contributed by atoms with Gasteiger partial charge in [-0.25, -0.2) is 13.1 Å². The fourth-order valence-corrected chi connectivity index (χ4v) is 3.03. The summed E-state index contributed by atoms with van der Waals surface area (Å²) in [6.45, 7) is 4.35. The molecular weight excluding hydrogens is 214 g/mol. The van der Waals surface area contributed by atoms with Crippen molar-refractivity contribution in [2.45, 2.75) is 44.8 Å². The molecule has 2 N–H and O–H groups in total. The smallest absolute Gasteiger partial charge is 0.214 e. The van der Waals surface area contributed by atoms with E-state index in [-0.39, 0.29) is 17.3 Å². The molecule has 0 atom stereocenters. The second-order valence-electron chi connectivity index (χ2n) is 4.43. The summed E-state index contributed by atoms with van der Waals surface area (Å²) in [6.07, 6.45) is 3.12. The summed E-state index contributed by atoms with van der Waals surface area (Å²) in [4.78, 5) is 0. The zero-order chi connectivity index (χ0) is 11.5. The number of hydrogen-bond acceptors (Lipinski definition) is 3.